The van der Waals surface area contributed by atoms with E-state index < -0.39 is 0 Å². The number of aromatic hydroxyl groups is 1. The molecule has 27 heavy (non-hydrogen) atoms. The van der Waals surface area contributed by atoms with E-state index in [4.69, 9.17) is 4.98 Å². The molecule has 1 aliphatic heterocycles. The molecule has 6 heteroatoms. The van der Waals surface area contributed by atoms with Crippen LogP contribution in [0.4, 0.5) is 4.79 Å². The minimum Gasteiger partial charge on any atom is -0.508 e. The molecule has 2 atom stereocenters. The maximum atomic E-state index is 12.0. The second-order valence-electron chi connectivity index (χ2n) is 6.69. The number of phenolic OH excluding ortho intramolecular Hbond substituents is 1. The summed E-state index contributed by atoms with van der Waals surface area (Å²) in [5, 5.41) is 15.7. The number of phenols is 1. The van der Waals surface area contributed by atoms with Gasteiger partial charge in [0, 0.05) is 16.7 Å². The SMILES string of the molecule is CC1=NC(=O)NC(c2cccc(O)c2)C1c1nc(-c2ccc(C)cc2)cs1. The van der Waals surface area contributed by atoms with Crippen molar-refractivity contribution in [1.29, 1.82) is 0 Å². The first-order valence-electron chi connectivity index (χ1n) is 8.68. The quantitative estimate of drug-likeness (QED) is 0.686. The fourth-order valence-corrected chi connectivity index (χ4v) is 4.35. The number of aryl methyl sites for hydroxylation is 1. The Morgan fingerprint density at radius 1 is 1.11 bits per heavy atom. The first-order valence-corrected chi connectivity index (χ1v) is 9.56. The van der Waals surface area contributed by atoms with Crippen molar-refractivity contribution < 1.29 is 9.90 Å². The zero-order chi connectivity index (χ0) is 19.0. The van der Waals surface area contributed by atoms with Crippen LogP contribution in [-0.4, -0.2) is 21.8 Å². The van der Waals surface area contributed by atoms with Crippen molar-refractivity contribution in [3.05, 3.63) is 70.0 Å². The van der Waals surface area contributed by atoms with Gasteiger partial charge in [-0.15, -0.1) is 11.3 Å². The first-order chi connectivity index (χ1) is 13.0. The normalized spacial score (nSPS) is 19.5. The number of hydrogen-bond donors (Lipinski definition) is 2. The molecule has 0 saturated heterocycles. The molecule has 136 valence electrons. The summed E-state index contributed by atoms with van der Waals surface area (Å²) in [6.45, 7) is 3.91. The summed E-state index contributed by atoms with van der Waals surface area (Å²) in [5.74, 6) is -0.00570. The van der Waals surface area contributed by atoms with E-state index in [0.29, 0.717) is 0 Å². The number of aliphatic imine (C=N–C) groups is 1. The number of carbonyl (C=O) groups is 1. The average Bonchev–Trinajstić information content (AvgIpc) is 3.11. The van der Waals surface area contributed by atoms with Gasteiger partial charge in [0.1, 0.15) is 10.8 Å². The molecule has 5 nitrogen and oxygen atoms in total. The highest BCUT2D eigenvalue weighted by Crippen LogP contribution is 2.38. The largest absolute Gasteiger partial charge is 0.508 e. The van der Waals surface area contributed by atoms with Crippen LogP contribution in [0.3, 0.4) is 0 Å². The molecule has 0 fully saturated rings. The zero-order valence-electron chi connectivity index (χ0n) is 15.0. The molecule has 0 aliphatic carbocycles. The van der Waals surface area contributed by atoms with E-state index >= 15 is 0 Å². The van der Waals surface area contributed by atoms with Crippen LogP contribution >= 0.6 is 11.3 Å². The van der Waals surface area contributed by atoms with E-state index in [1.165, 1.54) is 5.56 Å². The monoisotopic (exact) mass is 377 g/mol. The number of urea groups is 1. The molecule has 2 amide bonds. The molecule has 1 aliphatic rings. The van der Waals surface area contributed by atoms with Crippen molar-refractivity contribution in [2.45, 2.75) is 25.8 Å². The summed E-state index contributed by atoms with van der Waals surface area (Å²) in [6, 6.07) is 14.5. The Morgan fingerprint density at radius 2 is 1.89 bits per heavy atom. The van der Waals surface area contributed by atoms with Gasteiger partial charge in [-0.05, 0) is 31.5 Å². The molecule has 3 aromatic rings. The molecule has 0 spiro atoms. The standard InChI is InChI=1S/C21H19N3O2S/c1-12-6-8-14(9-7-12)17-11-27-20(23-17)18-13(2)22-21(26)24-19(18)15-4-3-5-16(25)10-15/h3-11,18-19,25H,1-2H3,(H,24,26). The third kappa shape index (κ3) is 3.48. The molecule has 2 N–H and O–H groups in total. The number of rotatable bonds is 3. The summed E-state index contributed by atoms with van der Waals surface area (Å²) in [5.41, 5.74) is 4.73. The van der Waals surface area contributed by atoms with Crippen molar-refractivity contribution in [3.63, 3.8) is 0 Å². The maximum Gasteiger partial charge on any atom is 0.341 e. The van der Waals surface area contributed by atoms with E-state index in [9.17, 15) is 9.90 Å². The van der Waals surface area contributed by atoms with Crippen molar-refractivity contribution >= 4 is 23.1 Å². The topological polar surface area (TPSA) is 74.6 Å². The molecule has 1 aromatic heterocycles. The number of nitrogens with one attached hydrogen (secondary N) is 1. The Bertz CT molecular complexity index is 1020. The highest BCUT2D eigenvalue weighted by atomic mass is 32.1. The lowest BCUT2D eigenvalue weighted by Crippen LogP contribution is -2.38. The number of nitrogens with zero attached hydrogens (tertiary/aromatic N) is 2. The smallest absolute Gasteiger partial charge is 0.341 e. The Labute approximate surface area is 161 Å². The van der Waals surface area contributed by atoms with Crippen LogP contribution in [-0.2, 0) is 0 Å². The van der Waals surface area contributed by atoms with Crippen LogP contribution in [0, 0.1) is 6.92 Å². The van der Waals surface area contributed by atoms with E-state index in [2.05, 4.69) is 41.5 Å². The first kappa shape index (κ1) is 17.4. The predicted octanol–water partition coefficient (Wildman–Crippen LogP) is 4.83. The van der Waals surface area contributed by atoms with E-state index in [1.54, 1.807) is 29.5 Å². The lowest BCUT2D eigenvalue weighted by Gasteiger charge is -2.30. The van der Waals surface area contributed by atoms with Crippen molar-refractivity contribution in [2.24, 2.45) is 4.99 Å². The molecule has 4 rings (SSSR count). The van der Waals surface area contributed by atoms with Crippen LogP contribution in [0.5, 0.6) is 5.75 Å². The van der Waals surface area contributed by atoms with Gasteiger partial charge in [-0.3, -0.25) is 0 Å². The van der Waals surface area contributed by atoms with Gasteiger partial charge >= 0.3 is 6.03 Å². The Hall–Kier alpha value is -2.99. The molecule has 0 radical (unpaired) electrons. The van der Waals surface area contributed by atoms with Crippen molar-refractivity contribution in [1.82, 2.24) is 10.3 Å². The van der Waals surface area contributed by atoms with Crippen LogP contribution in [0.25, 0.3) is 11.3 Å². The third-order valence-electron chi connectivity index (χ3n) is 4.70. The number of benzene rings is 2. The van der Waals surface area contributed by atoms with E-state index in [0.717, 1.165) is 27.5 Å². The molecule has 0 saturated carbocycles. The Balaban J connectivity index is 1.74. The number of thiazole rings is 1. The Morgan fingerprint density at radius 3 is 2.63 bits per heavy atom. The summed E-state index contributed by atoms with van der Waals surface area (Å²) < 4.78 is 0. The lowest BCUT2D eigenvalue weighted by molar-refractivity contribution is 0.243. The molecule has 2 unspecified atom stereocenters. The number of amides is 2. The molecule has 2 aromatic carbocycles. The minimum absolute atomic E-state index is 0.167. The molecule has 2 heterocycles. The predicted molar refractivity (Wildman–Crippen MR) is 108 cm³/mol. The van der Waals surface area contributed by atoms with Crippen molar-refractivity contribution in [3.8, 4) is 17.0 Å². The molecular weight excluding hydrogens is 358 g/mol. The Kier molecular flexibility index (Phi) is 4.49. The van der Waals surface area contributed by atoms with Gasteiger partial charge in [0.05, 0.1) is 17.7 Å². The maximum absolute atomic E-state index is 12.0. The number of carbonyl (C=O) groups excluding carboxylic acids is 1. The highest BCUT2D eigenvalue weighted by Gasteiger charge is 2.35. The zero-order valence-corrected chi connectivity index (χ0v) is 15.8. The summed E-state index contributed by atoms with van der Waals surface area (Å²) in [6.07, 6.45) is 0. The van der Waals surface area contributed by atoms with Crippen LogP contribution in [0.2, 0.25) is 0 Å². The third-order valence-corrected chi connectivity index (χ3v) is 5.63. The summed E-state index contributed by atoms with van der Waals surface area (Å²) in [4.78, 5) is 20.9. The minimum atomic E-state index is -0.368. The second-order valence-corrected chi connectivity index (χ2v) is 7.58. The van der Waals surface area contributed by atoms with Crippen LogP contribution < -0.4 is 5.32 Å². The van der Waals surface area contributed by atoms with Gasteiger partial charge in [0.2, 0.25) is 0 Å². The van der Waals surface area contributed by atoms with Gasteiger partial charge in [-0.25, -0.2) is 14.8 Å². The van der Waals surface area contributed by atoms with Gasteiger partial charge in [-0.2, -0.15) is 0 Å². The molecule has 0 bridgehead atoms. The van der Waals surface area contributed by atoms with Crippen LogP contribution in [0.15, 0.2) is 58.9 Å². The lowest BCUT2D eigenvalue weighted by atomic mass is 9.88. The number of aromatic nitrogens is 1. The van der Waals surface area contributed by atoms with Gasteiger partial charge in [-0.1, -0.05) is 42.0 Å². The fraction of sp³-hybridized carbons (Fsp3) is 0.190. The molecular formula is C21H19N3O2S. The van der Waals surface area contributed by atoms with Gasteiger partial charge < -0.3 is 10.4 Å². The van der Waals surface area contributed by atoms with Crippen molar-refractivity contribution in [2.75, 3.05) is 0 Å². The van der Waals surface area contributed by atoms with E-state index in [-0.39, 0.29) is 23.7 Å². The summed E-state index contributed by atoms with van der Waals surface area (Å²) in [7, 11) is 0. The fourth-order valence-electron chi connectivity index (χ4n) is 3.32. The van der Waals surface area contributed by atoms with Crippen LogP contribution in [0.1, 0.15) is 35.0 Å². The van der Waals surface area contributed by atoms with Gasteiger partial charge in [0.15, 0.2) is 0 Å². The van der Waals surface area contributed by atoms with E-state index in [1.807, 2.05) is 18.4 Å². The second kappa shape index (κ2) is 6.96. The average molecular weight is 377 g/mol. The number of hydrogen-bond acceptors (Lipinski definition) is 4. The summed E-state index contributed by atoms with van der Waals surface area (Å²) >= 11 is 1.56. The highest BCUT2D eigenvalue weighted by molar-refractivity contribution is 7.10. The van der Waals surface area contributed by atoms with Gasteiger partial charge in [0.25, 0.3) is 0 Å².